The van der Waals surface area contributed by atoms with Gasteiger partial charge in [-0.05, 0) is 18.5 Å². The molecule has 1 fully saturated rings. The molecule has 0 bridgehead atoms. The highest BCUT2D eigenvalue weighted by molar-refractivity contribution is 6.41. The van der Waals surface area contributed by atoms with Crippen LogP contribution in [0.1, 0.15) is 0 Å². The zero-order chi connectivity index (χ0) is 7.52. The highest BCUT2D eigenvalue weighted by atomic mass is 16.7. The Morgan fingerprint density at radius 2 is 2.09 bits per heavy atom. The third-order valence-corrected chi connectivity index (χ3v) is 1.80. The van der Waals surface area contributed by atoms with Gasteiger partial charge in [0.1, 0.15) is 0 Å². The first-order valence-corrected chi connectivity index (χ1v) is 3.92. The first-order chi connectivity index (χ1) is 5.47. The van der Waals surface area contributed by atoms with Crippen molar-refractivity contribution in [3.63, 3.8) is 0 Å². The van der Waals surface area contributed by atoms with Crippen LogP contribution in [0.5, 0.6) is 0 Å². The van der Waals surface area contributed by atoms with Crippen LogP contribution in [0.25, 0.3) is 0 Å². The number of benzene rings is 1. The Labute approximate surface area is 67.0 Å². The van der Waals surface area contributed by atoms with E-state index in [0.29, 0.717) is 0 Å². The zero-order valence-corrected chi connectivity index (χ0v) is 6.36. The van der Waals surface area contributed by atoms with Gasteiger partial charge in [0.2, 0.25) is 0 Å². The van der Waals surface area contributed by atoms with E-state index in [2.05, 4.69) is 12.1 Å². The third-order valence-electron chi connectivity index (χ3n) is 1.80. The lowest BCUT2D eigenvalue weighted by Crippen LogP contribution is -2.18. The van der Waals surface area contributed by atoms with E-state index in [0.717, 1.165) is 26.0 Å². The molecule has 0 aliphatic carbocycles. The molecule has 1 aromatic rings. The van der Waals surface area contributed by atoms with Crippen LogP contribution >= 0.6 is 0 Å². The van der Waals surface area contributed by atoms with E-state index in [4.69, 9.17) is 4.84 Å². The van der Waals surface area contributed by atoms with Crippen LogP contribution in [0.15, 0.2) is 30.3 Å². The van der Waals surface area contributed by atoms with Crippen molar-refractivity contribution in [2.75, 3.05) is 11.6 Å². The average Bonchev–Trinajstić information content (AvgIpc) is 2.58. The van der Waals surface area contributed by atoms with E-state index >= 15 is 0 Å². The van der Waals surface area contributed by atoms with Crippen LogP contribution < -0.4 is 4.97 Å². The molecule has 0 radical (unpaired) electrons. The number of hydrogen-bond acceptors (Lipinski definition) is 2. The van der Waals surface area contributed by atoms with Crippen molar-refractivity contribution in [3.05, 3.63) is 30.3 Å². The first-order valence-electron chi connectivity index (χ1n) is 3.92. The summed E-state index contributed by atoms with van der Waals surface area (Å²) in [5.41, 5.74) is 1.16. The molecule has 2 nitrogen and oxygen atoms in total. The summed E-state index contributed by atoms with van der Waals surface area (Å²) in [5, 5.41) is 0. The molecule has 56 valence electrons. The van der Waals surface area contributed by atoms with Crippen LogP contribution in [0.3, 0.4) is 0 Å². The predicted molar refractivity (Wildman–Crippen MR) is 46.8 cm³/mol. The predicted octanol–water partition coefficient (Wildman–Crippen LogP) is 1.21. The lowest BCUT2D eigenvalue weighted by molar-refractivity contribution is 0.185. The summed E-state index contributed by atoms with van der Waals surface area (Å²) in [6.45, 7) is 0.856. The molecule has 0 amide bonds. The summed E-state index contributed by atoms with van der Waals surface area (Å²) in [6.07, 6.45) is 1.13. The Morgan fingerprint density at radius 3 is 2.73 bits per heavy atom. The van der Waals surface area contributed by atoms with Gasteiger partial charge in [-0.1, -0.05) is 18.2 Å². The van der Waals surface area contributed by atoms with E-state index in [1.54, 1.807) is 0 Å². The molecule has 1 aromatic carbocycles. The van der Waals surface area contributed by atoms with Crippen LogP contribution in [0.4, 0.5) is 5.69 Å². The van der Waals surface area contributed by atoms with E-state index in [9.17, 15) is 0 Å². The van der Waals surface area contributed by atoms with Crippen LogP contribution in [0.2, 0.25) is 6.32 Å². The molecule has 1 saturated heterocycles. The standard InChI is InChI=1S/C8H10BNO/c1-2-4-8(5-3-1)10-9-6-7-11-10/h1-5,9H,6-7H2. The molecule has 11 heavy (non-hydrogen) atoms. The maximum atomic E-state index is 5.37. The molecule has 0 saturated carbocycles. The van der Waals surface area contributed by atoms with Crippen molar-refractivity contribution >= 4 is 13.1 Å². The van der Waals surface area contributed by atoms with E-state index in [-0.39, 0.29) is 0 Å². The van der Waals surface area contributed by atoms with Gasteiger partial charge in [-0.25, -0.2) is 0 Å². The van der Waals surface area contributed by atoms with Gasteiger partial charge in [0.15, 0.2) is 0 Å². The molecule has 0 unspecified atom stereocenters. The minimum atomic E-state index is 0.856. The van der Waals surface area contributed by atoms with Crippen molar-refractivity contribution in [1.82, 2.24) is 0 Å². The molecule has 2 rings (SSSR count). The summed E-state index contributed by atoms with van der Waals surface area (Å²) in [6, 6.07) is 10.2. The molecule has 3 heteroatoms. The maximum Gasteiger partial charge on any atom is 0.275 e. The minimum absolute atomic E-state index is 0.856. The smallest absolute Gasteiger partial charge is 0.275 e. The zero-order valence-electron chi connectivity index (χ0n) is 6.36. The Bertz CT molecular complexity index is 221. The van der Waals surface area contributed by atoms with E-state index in [1.807, 2.05) is 23.2 Å². The summed E-state index contributed by atoms with van der Waals surface area (Å²) in [4.78, 5) is 7.32. The molecular formula is C8H10BNO. The van der Waals surface area contributed by atoms with Crippen molar-refractivity contribution in [3.8, 4) is 0 Å². The normalized spacial score (nSPS) is 16.5. The quantitative estimate of drug-likeness (QED) is 0.553. The SMILES string of the molecule is B1CCON1c1ccccc1. The van der Waals surface area contributed by atoms with Gasteiger partial charge in [-0.2, -0.15) is 0 Å². The first kappa shape index (κ1) is 6.74. The summed E-state index contributed by atoms with van der Waals surface area (Å²) < 4.78 is 0. The third kappa shape index (κ3) is 1.38. The minimum Gasteiger partial charge on any atom is -0.305 e. The Kier molecular flexibility index (Phi) is 1.82. The second kappa shape index (κ2) is 2.97. The molecule has 1 heterocycles. The second-order valence-electron chi connectivity index (χ2n) is 2.62. The fourth-order valence-corrected chi connectivity index (χ4v) is 1.25. The topological polar surface area (TPSA) is 12.5 Å². The van der Waals surface area contributed by atoms with Gasteiger partial charge in [-0.3, -0.25) is 4.84 Å². The van der Waals surface area contributed by atoms with Crippen molar-refractivity contribution in [2.45, 2.75) is 6.32 Å². The van der Waals surface area contributed by atoms with Crippen LogP contribution in [-0.2, 0) is 4.84 Å². The summed E-state index contributed by atoms with van der Waals surface area (Å²) in [7, 11) is 1.02. The number of nitrogens with zero attached hydrogens (tertiary/aromatic N) is 1. The number of anilines is 1. The van der Waals surface area contributed by atoms with Crippen molar-refractivity contribution in [2.24, 2.45) is 0 Å². The molecule has 0 atom stereocenters. The molecule has 0 spiro atoms. The Balaban J connectivity index is 2.16. The largest absolute Gasteiger partial charge is 0.305 e. The van der Waals surface area contributed by atoms with Gasteiger partial charge in [0, 0.05) is 5.69 Å². The lowest BCUT2D eigenvalue weighted by atomic mass is 9.90. The van der Waals surface area contributed by atoms with Gasteiger partial charge in [0.25, 0.3) is 7.41 Å². The fraction of sp³-hybridized carbons (Fsp3) is 0.250. The second-order valence-corrected chi connectivity index (χ2v) is 2.62. The number of rotatable bonds is 1. The van der Waals surface area contributed by atoms with Gasteiger partial charge in [-0.15, -0.1) is 0 Å². The summed E-state index contributed by atoms with van der Waals surface area (Å²) >= 11 is 0. The Hall–Kier alpha value is -0.955. The highest BCUT2D eigenvalue weighted by Gasteiger charge is 2.13. The molecule has 0 N–H and O–H groups in total. The number of para-hydroxylation sites is 1. The lowest BCUT2D eigenvalue weighted by Gasteiger charge is -2.15. The van der Waals surface area contributed by atoms with Crippen molar-refractivity contribution < 1.29 is 4.84 Å². The maximum absolute atomic E-state index is 5.37. The van der Waals surface area contributed by atoms with Crippen molar-refractivity contribution in [1.29, 1.82) is 0 Å². The molecule has 1 aliphatic rings. The average molecular weight is 147 g/mol. The van der Waals surface area contributed by atoms with Crippen LogP contribution in [-0.4, -0.2) is 14.0 Å². The van der Waals surface area contributed by atoms with E-state index in [1.165, 1.54) is 0 Å². The van der Waals surface area contributed by atoms with Gasteiger partial charge >= 0.3 is 0 Å². The van der Waals surface area contributed by atoms with Gasteiger partial charge in [0.05, 0.1) is 6.61 Å². The summed E-state index contributed by atoms with van der Waals surface area (Å²) in [5.74, 6) is 0. The fourth-order valence-electron chi connectivity index (χ4n) is 1.25. The molecule has 1 aliphatic heterocycles. The Morgan fingerprint density at radius 1 is 1.27 bits per heavy atom. The number of hydrogen-bond donors (Lipinski definition) is 0. The molecule has 0 aromatic heterocycles. The molecular weight excluding hydrogens is 137 g/mol. The van der Waals surface area contributed by atoms with Crippen LogP contribution in [0, 0.1) is 0 Å². The monoisotopic (exact) mass is 147 g/mol. The van der Waals surface area contributed by atoms with E-state index < -0.39 is 0 Å². The highest BCUT2D eigenvalue weighted by Crippen LogP contribution is 2.16. The van der Waals surface area contributed by atoms with Gasteiger partial charge < -0.3 is 4.97 Å².